The Morgan fingerprint density at radius 3 is 2.71 bits per heavy atom. The van der Waals surface area contributed by atoms with Gasteiger partial charge in [0.2, 0.25) is 0 Å². The molecule has 152 valence electrons. The van der Waals surface area contributed by atoms with E-state index in [-0.39, 0.29) is 23.4 Å². The Bertz CT molecular complexity index is 988. The monoisotopic (exact) mass is 472 g/mol. The van der Waals surface area contributed by atoms with Crippen LogP contribution >= 0.6 is 27.5 Å². The zero-order chi connectivity index (χ0) is 20.8. The predicted octanol–water partition coefficient (Wildman–Crippen LogP) is 3.49. The molecule has 1 atom stereocenters. The number of carbonyl (C=O) groups excluding carboxylic acids is 1. The number of aromatic nitrogens is 2. The highest BCUT2D eigenvalue weighted by Gasteiger charge is 2.31. The number of carbonyl (C=O) groups is 1. The van der Waals surface area contributed by atoms with Crippen LogP contribution in [0.5, 0.6) is 5.75 Å². The largest absolute Gasteiger partial charge is 0.505 e. The number of aromatic hydroxyl groups is 1. The number of nitrogens with zero attached hydrogens (tertiary/aromatic N) is 3. The van der Waals surface area contributed by atoms with Crippen molar-refractivity contribution in [1.29, 1.82) is 0 Å². The molecule has 28 heavy (non-hydrogen) atoms. The predicted molar refractivity (Wildman–Crippen MR) is 111 cm³/mol. The molecular formula is C18H22BrClN4O4. The third-order valence-electron chi connectivity index (χ3n) is 4.43. The van der Waals surface area contributed by atoms with Gasteiger partial charge in [0, 0.05) is 31.1 Å². The number of hydrogen-bond donors (Lipinski definition) is 2. The number of benzene rings is 1. The molecular weight excluding hydrogens is 452 g/mol. The standard InChI is InChI=1S/C18H22BrClN4O4/c1-9-8-23(17(27)28-18(2,3)4)5-6-24(9)15-10-7-11(20)12(19)14(25)13(10)21-16(26)22-15/h7,9,25H,5-6,8H2,1-4H3,(H,21,22,26)/t9-/m0/s1. The van der Waals surface area contributed by atoms with E-state index in [0.717, 1.165) is 0 Å². The molecule has 1 fully saturated rings. The zero-order valence-corrected chi connectivity index (χ0v) is 18.4. The Morgan fingerprint density at radius 1 is 1.43 bits per heavy atom. The highest BCUT2D eigenvalue weighted by atomic mass is 79.9. The van der Waals surface area contributed by atoms with Crippen molar-refractivity contribution in [1.82, 2.24) is 14.9 Å². The second-order valence-electron chi connectivity index (χ2n) is 7.78. The van der Waals surface area contributed by atoms with Crippen LogP contribution in [0.1, 0.15) is 27.7 Å². The number of phenols is 1. The molecule has 2 N–H and O–H groups in total. The molecule has 0 unspecified atom stereocenters. The Morgan fingerprint density at radius 2 is 2.11 bits per heavy atom. The minimum atomic E-state index is -0.575. The topological polar surface area (TPSA) is 98.8 Å². The first-order chi connectivity index (χ1) is 13.0. The number of ether oxygens (including phenoxy) is 1. The molecule has 0 saturated carbocycles. The summed E-state index contributed by atoms with van der Waals surface area (Å²) in [5.74, 6) is 0.267. The molecule has 1 aliphatic heterocycles. The molecule has 1 aromatic heterocycles. The first-order valence-corrected chi connectivity index (χ1v) is 10.0. The van der Waals surface area contributed by atoms with Crippen LogP contribution in [0.15, 0.2) is 15.3 Å². The molecule has 8 nitrogen and oxygen atoms in total. The number of hydrogen-bond acceptors (Lipinski definition) is 6. The van der Waals surface area contributed by atoms with Crippen LogP contribution in [-0.2, 0) is 4.74 Å². The van der Waals surface area contributed by atoms with E-state index in [1.165, 1.54) is 0 Å². The lowest BCUT2D eigenvalue weighted by molar-refractivity contribution is 0.0218. The molecule has 1 aromatic carbocycles. The van der Waals surface area contributed by atoms with Gasteiger partial charge in [-0.1, -0.05) is 11.6 Å². The molecule has 1 aliphatic rings. The second kappa shape index (κ2) is 7.44. The summed E-state index contributed by atoms with van der Waals surface area (Å²) < 4.78 is 5.75. The summed E-state index contributed by atoms with van der Waals surface area (Å²) in [4.78, 5) is 34.7. The zero-order valence-electron chi connectivity index (χ0n) is 16.0. The summed E-state index contributed by atoms with van der Waals surface area (Å²) in [5.41, 5.74) is -0.884. The van der Waals surface area contributed by atoms with Gasteiger partial charge in [0.25, 0.3) is 0 Å². The number of nitrogens with one attached hydrogen (secondary N) is 1. The molecule has 1 saturated heterocycles. The summed E-state index contributed by atoms with van der Waals surface area (Å²) in [6.45, 7) is 8.71. The van der Waals surface area contributed by atoms with E-state index in [1.54, 1.807) is 11.0 Å². The van der Waals surface area contributed by atoms with E-state index < -0.39 is 11.3 Å². The number of anilines is 1. The van der Waals surface area contributed by atoms with E-state index >= 15 is 0 Å². The van der Waals surface area contributed by atoms with Crippen LogP contribution in [0.2, 0.25) is 5.02 Å². The maximum absolute atomic E-state index is 12.4. The molecule has 2 aromatic rings. The average Bonchev–Trinajstić information content (AvgIpc) is 2.58. The van der Waals surface area contributed by atoms with E-state index in [2.05, 4.69) is 25.9 Å². The molecule has 2 heterocycles. The lowest BCUT2D eigenvalue weighted by atomic mass is 10.1. The number of phenolic OH excluding ortho intramolecular Hbond substituents is 1. The van der Waals surface area contributed by atoms with Gasteiger partial charge in [0.1, 0.15) is 11.4 Å². The number of amides is 1. The Hall–Kier alpha value is -2.00. The van der Waals surface area contributed by atoms with Crippen LogP contribution in [0, 0.1) is 0 Å². The van der Waals surface area contributed by atoms with Crippen molar-refractivity contribution in [2.45, 2.75) is 39.3 Å². The number of H-pyrrole nitrogens is 1. The maximum atomic E-state index is 12.4. The van der Waals surface area contributed by atoms with Crippen molar-refractivity contribution in [3.63, 3.8) is 0 Å². The molecule has 10 heteroatoms. The Kier molecular flexibility index (Phi) is 5.51. The number of rotatable bonds is 1. The normalized spacial score (nSPS) is 17.9. The average molecular weight is 474 g/mol. The number of piperazine rings is 1. The van der Waals surface area contributed by atoms with Gasteiger partial charge >= 0.3 is 11.8 Å². The second-order valence-corrected chi connectivity index (χ2v) is 8.98. The van der Waals surface area contributed by atoms with Gasteiger partial charge in [-0.3, -0.25) is 0 Å². The number of halogens is 2. The van der Waals surface area contributed by atoms with Gasteiger partial charge in [0.15, 0.2) is 5.75 Å². The molecule has 0 radical (unpaired) electrons. The molecule has 0 bridgehead atoms. The SMILES string of the molecule is C[C@H]1CN(C(=O)OC(C)(C)C)CCN1c1nc(=O)[nH]c2c(O)c(Br)c(Cl)cc12. The van der Waals surface area contributed by atoms with Gasteiger partial charge in [-0.25, -0.2) is 9.59 Å². The first kappa shape index (κ1) is 20.7. The Labute approximate surface area is 175 Å². The summed E-state index contributed by atoms with van der Waals surface area (Å²) in [7, 11) is 0. The van der Waals surface area contributed by atoms with Gasteiger partial charge < -0.3 is 24.6 Å². The van der Waals surface area contributed by atoms with Crippen molar-refractivity contribution in [2.75, 3.05) is 24.5 Å². The fourth-order valence-corrected chi connectivity index (χ4v) is 3.70. The van der Waals surface area contributed by atoms with Crippen LogP contribution in [0.4, 0.5) is 10.6 Å². The van der Waals surface area contributed by atoms with Crippen LogP contribution in [0.3, 0.4) is 0 Å². The third kappa shape index (κ3) is 4.05. The lowest BCUT2D eigenvalue weighted by Gasteiger charge is -2.41. The van der Waals surface area contributed by atoms with Crippen LogP contribution in [0.25, 0.3) is 10.9 Å². The van der Waals surface area contributed by atoms with Crippen LogP contribution < -0.4 is 10.6 Å². The van der Waals surface area contributed by atoms with Crippen molar-refractivity contribution >= 4 is 50.3 Å². The quantitative estimate of drug-likeness (QED) is 0.658. The third-order valence-corrected chi connectivity index (χ3v) is 5.76. The van der Waals surface area contributed by atoms with E-state index in [9.17, 15) is 14.7 Å². The smallest absolute Gasteiger partial charge is 0.410 e. The van der Waals surface area contributed by atoms with E-state index in [1.807, 2.05) is 32.6 Å². The number of fused-ring (bicyclic) bond motifs is 1. The van der Waals surface area contributed by atoms with Gasteiger partial charge in [0.05, 0.1) is 15.0 Å². The van der Waals surface area contributed by atoms with Crippen molar-refractivity contribution in [3.05, 3.63) is 26.0 Å². The first-order valence-electron chi connectivity index (χ1n) is 8.83. The minimum Gasteiger partial charge on any atom is -0.505 e. The molecule has 1 amide bonds. The van der Waals surface area contributed by atoms with Crippen molar-refractivity contribution in [3.8, 4) is 5.75 Å². The molecule has 3 rings (SSSR count). The summed E-state index contributed by atoms with van der Waals surface area (Å²) in [5, 5.41) is 11.2. The van der Waals surface area contributed by atoms with Crippen molar-refractivity contribution in [2.24, 2.45) is 0 Å². The fourth-order valence-electron chi connectivity index (χ4n) is 3.19. The number of aromatic amines is 1. The molecule has 0 aliphatic carbocycles. The van der Waals surface area contributed by atoms with Gasteiger partial charge in [-0.2, -0.15) is 4.98 Å². The van der Waals surface area contributed by atoms with Gasteiger partial charge in [-0.15, -0.1) is 0 Å². The fraction of sp³-hybridized carbons (Fsp3) is 0.500. The summed E-state index contributed by atoms with van der Waals surface area (Å²) >= 11 is 9.40. The molecule has 0 spiro atoms. The van der Waals surface area contributed by atoms with E-state index in [4.69, 9.17) is 16.3 Å². The Balaban J connectivity index is 1.94. The maximum Gasteiger partial charge on any atom is 0.410 e. The highest BCUT2D eigenvalue weighted by Crippen LogP contribution is 2.40. The minimum absolute atomic E-state index is 0.122. The summed E-state index contributed by atoms with van der Waals surface area (Å²) in [6, 6.07) is 1.52. The van der Waals surface area contributed by atoms with Gasteiger partial charge in [-0.05, 0) is 49.7 Å². The van der Waals surface area contributed by atoms with Crippen molar-refractivity contribution < 1.29 is 14.6 Å². The lowest BCUT2D eigenvalue weighted by Crippen LogP contribution is -2.55. The van der Waals surface area contributed by atoms with Crippen LogP contribution in [-0.4, -0.2) is 57.3 Å². The highest BCUT2D eigenvalue weighted by molar-refractivity contribution is 9.10. The summed E-state index contributed by atoms with van der Waals surface area (Å²) in [6.07, 6.45) is -0.368. The van der Waals surface area contributed by atoms with E-state index in [0.29, 0.717) is 40.3 Å².